The molecule has 1 aromatic carbocycles. The fourth-order valence-electron chi connectivity index (χ4n) is 1.52. The number of Topliss-reactive ketones (excluding diaryl/α,β-unsaturated/α-hetero) is 1. The summed E-state index contributed by atoms with van der Waals surface area (Å²) in [4.78, 5) is 12.0. The van der Waals surface area contributed by atoms with Gasteiger partial charge >= 0.3 is 6.18 Å². The number of carbonyl (C=O) groups excluding carboxylic acids is 1. The molecule has 0 atom stereocenters. The van der Waals surface area contributed by atoms with Crippen molar-refractivity contribution in [1.82, 2.24) is 0 Å². The maximum Gasteiger partial charge on any atom is 0.393 e. The van der Waals surface area contributed by atoms with E-state index in [1.54, 1.807) is 26.8 Å². The molecule has 0 bridgehead atoms. The second-order valence-electron chi connectivity index (χ2n) is 5.03. The van der Waals surface area contributed by atoms with Gasteiger partial charge in [0.05, 0.1) is 6.42 Å². The van der Waals surface area contributed by atoms with Gasteiger partial charge in [0.2, 0.25) is 0 Å². The molecule has 1 nitrogen and oxygen atoms in total. The first-order valence-corrected chi connectivity index (χ1v) is 5.31. The molecule has 4 heteroatoms. The SMILES string of the molecule is CC(C)(C)C(=O)c1ccccc1CC(F)(F)F. The number of halogens is 3. The summed E-state index contributed by atoms with van der Waals surface area (Å²) < 4.78 is 37.1. The van der Waals surface area contributed by atoms with Crippen molar-refractivity contribution in [2.24, 2.45) is 5.41 Å². The van der Waals surface area contributed by atoms with Gasteiger partial charge in [-0.1, -0.05) is 45.0 Å². The summed E-state index contributed by atoms with van der Waals surface area (Å²) in [6.45, 7) is 5.08. The minimum absolute atomic E-state index is 0.0416. The summed E-state index contributed by atoms with van der Waals surface area (Å²) >= 11 is 0. The molecule has 0 saturated heterocycles. The van der Waals surface area contributed by atoms with Crippen molar-refractivity contribution in [3.05, 3.63) is 35.4 Å². The Balaban J connectivity index is 3.13. The van der Waals surface area contributed by atoms with Gasteiger partial charge in [-0.25, -0.2) is 0 Å². The third-order valence-electron chi connectivity index (χ3n) is 2.33. The lowest BCUT2D eigenvalue weighted by atomic mass is 9.84. The first-order valence-electron chi connectivity index (χ1n) is 5.31. The van der Waals surface area contributed by atoms with Gasteiger partial charge in [0.15, 0.2) is 5.78 Å². The molecule has 0 radical (unpaired) electrons. The van der Waals surface area contributed by atoms with Crippen LogP contribution in [0, 0.1) is 5.41 Å². The van der Waals surface area contributed by atoms with Gasteiger partial charge in [-0.2, -0.15) is 13.2 Å². The predicted molar refractivity (Wildman–Crippen MR) is 60.0 cm³/mol. The molecule has 0 spiro atoms. The van der Waals surface area contributed by atoms with Crippen LogP contribution in [-0.2, 0) is 6.42 Å². The molecular weight excluding hydrogens is 229 g/mol. The Morgan fingerprint density at radius 3 is 2.12 bits per heavy atom. The van der Waals surface area contributed by atoms with Crippen molar-refractivity contribution < 1.29 is 18.0 Å². The molecule has 0 saturated carbocycles. The lowest BCUT2D eigenvalue weighted by Gasteiger charge is -2.19. The number of hydrogen-bond donors (Lipinski definition) is 0. The monoisotopic (exact) mass is 244 g/mol. The summed E-state index contributed by atoms with van der Waals surface area (Å²) in [6.07, 6.45) is -5.36. The van der Waals surface area contributed by atoms with Crippen LogP contribution in [0.2, 0.25) is 0 Å². The lowest BCUT2D eigenvalue weighted by Crippen LogP contribution is -2.23. The Hall–Kier alpha value is -1.32. The smallest absolute Gasteiger partial charge is 0.294 e. The summed E-state index contributed by atoms with van der Waals surface area (Å²) in [5, 5.41) is 0. The van der Waals surface area contributed by atoms with Crippen LogP contribution in [0.4, 0.5) is 13.2 Å². The number of carbonyl (C=O) groups is 1. The molecule has 0 heterocycles. The average molecular weight is 244 g/mol. The van der Waals surface area contributed by atoms with E-state index in [0.29, 0.717) is 0 Å². The van der Waals surface area contributed by atoms with Crippen LogP contribution in [0.25, 0.3) is 0 Å². The van der Waals surface area contributed by atoms with E-state index in [1.807, 2.05) is 0 Å². The average Bonchev–Trinajstić information content (AvgIpc) is 2.13. The highest BCUT2D eigenvalue weighted by atomic mass is 19.4. The van der Waals surface area contributed by atoms with Crippen LogP contribution in [0.3, 0.4) is 0 Å². The van der Waals surface area contributed by atoms with Gasteiger partial charge in [0.1, 0.15) is 0 Å². The molecule has 1 rings (SSSR count). The fraction of sp³-hybridized carbons (Fsp3) is 0.462. The molecule has 0 fully saturated rings. The zero-order chi connectivity index (χ0) is 13.3. The molecule has 1 aromatic rings. The summed E-state index contributed by atoms with van der Waals surface area (Å²) in [7, 11) is 0. The Morgan fingerprint density at radius 2 is 1.65 bits per heavy atom. The predicted octanol–water partition coefficient (Wildman–Crippen LogP) is 4.02. The van der Waals surface area contributed by atoms with E-state index < -0.39 is 18.0 Å². The number of hydrogen-bond acceptors (Lipinski definition) is 1. The van der Waals surface area contributed by atoms with E-state index in [0.717, 1.165) is 0 Å². The highest BCUT2D eigenvalue weighted by Crippen LogP contribution is 2.27. The topological polar surface area (TPSA) is 17.1 Å². The van der Waals surface area contributed by atoms with Crippen LogP contribution in [0.1, 0.15) is 36.7 Å². The van der Waals surface area contributed by atoms with Crippen molar-refractivity contribution >= 4 is 5.78 Å². The van der Waals surface area contributed by atoms with Crippen molar-refractivity contribution in [3.63, 3.8) is 0 Å². The van der Waals surface area contributed by atoms with Crippen molar-refractivity contribution in [1.29, 1.82) is 0 Å². The van der Waals surface area contributed by atoms with Crippen LogP contribution in [0.5, 0.6) is 0 Å². The Morgan fingerprint density at radius 1 is 1.12 bits per heavy atom. The zero-order valence-corrected chi connectivity index (χ0v) is 10.1. The van der Waals surface area contributed by atoms with E-state index in [4.69, 9.17) is 0 Å². The molecule has 0 aliphatic carbocycles. The van der Waals surface area contributed by atoms with Crippen LogP contribution >= 0.6 is 0 Å². The maximum absolute atomic E-state index is 12.4. The van der Waals surface area contributed by atoms with Gasteiger partial charge in [-0.05, 0) is 5.56 Å². The minimum Gasteiger partial charge on any atom is -0.294 e. The van der Waals surface area contributed by atoms with E-state index in [9.17, 15) is 18.0 Å². The van der Waals surface area contributed by atoms with E-state index in [-0.39, 0.29) is 16.9 Å². The number of alkyl halides is 3. The second-order valence-corrected chi connectivity index (χ2v) is 5.03. The quantitative estimate of drug-likeness (QED) is 0.718. The molecule has 0 N–H and O–H groups in total. The van der Waals surface area contributed by atoms with Crippen molar-refractivity contribution in [3.8, 4) is 0 Å². The summed E-state index contributed by atoms with van der Waals surface area (Å²) in [5.74, 6) is -0.266. The molecule has 0 unspecified atom stereocenters. The zero-order valence-electron chi connectivity index (χ0n) is 10.1. The first-order chi connectivity index (χ1) is 7.61. The molecule has 0 amide bonds. The first kappa shape index (κ1) is 13.7. The van der Waals surface area contributed by atoms with Crippen molar-refractivity contribution in [2.45, 2.75) is 33.4 Å². The molecule has 0 aliphatic heterocycles. The third-order valence-corrected chi connectivity index (χ3v) is 2.33. The fourth-order valence-corrected chi connectivity index (χ4v) is 1.52. The molecule has 0 aliphatic rings. The normalized spacial score (nSPS) is 12.6. The third kappa shape index (κ3) is 3.88. The Bertz CT molecular complexity index is 413. The Labute approximate surface area is 98.6 Å². The largest absolute Gasteiger partial charge is 0.393 e. The Kier molecular flexibility index (Phi) is 3.65. The van der Waals surface area contributed by atoms with E-state index in [2.05, 4.69) is 0 Å². The van der Waals surface area contributed by atoms with Gasteiger partial charge < -0.3 is 0 Å². The van der Waals surface area contributed by atoms with Crippen LogP contribution in [0.15, 0.2) is 24.3 Å². The highest BCUT2D eigenvalue weighted by Gasteiger charge is 2.31. The molecule has 0 aromatic heterocycles. The number of rotatable bonds is 2. The minimum atomic E-state index is -4.30. The van der Waals surface area contributed by atoms with E-state index in [1.165, 1.54) is 18.2 Å². The van der Waals surface area contributed by atoms with E-state index >= 15 is 0 Å². The molecular formula is C13H15F3O. The lowest BCUT2D eigenvalue weighted by molar-refractivity contribution is -0.127. The second kappa shape index (κ2) is 4.51. The van der Waals surface area contributed by atoms with Gasteiger partial charge in [-0.15, -0.1) is 0 Å². The molecule has 17 heavy (non-hydrogen) atoms. The number of benzene rings is 1. The van der Waals surface area contributed by atoms with Crippen LogP contribution in [-0.4, -0.2) is 12.0 Å². The van der Waals surface area contributed by atoms with Crippen LogP contribution < -0.4 is 0 Å². The molecule has 94 valence electrons. The van der Waals surface area contributed by atoms with Crippen molar-refractivity contribution in [2.75, 3.05) is 0 Å². The summed E-state index contributed by atoms with van der Waals surface area (Å²) in [5.41, 5.74) is -0.473. The standard InChI is InChI=1S/C13H15F3O/c1-12(2,3)11(17)10-7-5-4-6-9(10)8-13(14,15)16/h4-7H,8H2,1-3H3. The number of ketones is 1. The highest BCUT2D eigenvalue weighted by molar-refractivity contribution is 6.01. The van der Waals surface area contributed by atoms with Gasteiger partial charge in [-0.3, -0.25) is 4.79 Å². The summed E-state index contributed by atoms with van der Waals surface area (Å²) in [6, 6.07) is 5.90. The van der Waals surface area contributed by atoms with Gasteiger partial charge in [0, 0.05) is 11.0 Å². The van der Waals surface area contributed by atoms with Gasteiger partial charge in [0.25, 0.3) is 0 Å². The maximum atomic E-state index is 12.4.